The molecule has 0 aliphatic rings. The van der Waals surface area contributed by atoms with Gasteiger partial charge in [0.05, 0.1) is 11.6 Å². The molecule has 96 valence electrons. The zero-order valence-corrected chi connectivity index (χ0v) is 11.9. The molecule has 18 heavy (non-hydrogen) atoms. The molecule has 0 spiro atoms. The van der Waals surface area contributed by atoms with Crippen LogP contribution in [0.2, 0.25) is 0 Å². The van der Waals surface area contributed by atoms with Crippen molar-refractivity contribution in [1.29, 1.82) is 0 Å². The van der Waals surface area contributed by atoms with Gasteiger partial charge in [-0.3, -0.25) is 0 Å². The number of furan rings is 1. The average Bonchev–Trinajstić information content (AvgIpc) is 2.86. The minimum absolute atomic E-state index is 0.125. The van der Waals surface area contributed by atoms with E-state index in [9.17, 15) is 0 Å². The summed E-state index contributed by atoms with van der Waals surface area (Å²) < 4.78 is 5.43. The molecule has 2 aromatic rings. The largest absolute Gasteiger partial charge is 0.469 e. The minimum Gasteiger partial charge on any atom is -0.469 e. The van der Waals surface area contributed by atoms with Gasteiger partial charge in [-0.2, -0.15) is 0 Å². The van der Waals surface area contributed by atoms with E-state index >= 15 is 0 Å². The molecule has 0 saturated heterocycles. The summed E-state index contributed by atoms with van der Waals surface area (Å²) in [6.45, 7) is 6.46. The van der Waals surface area contributed by atoms with Gasteiger partial charge in [-0.15, -0.1) is 11.6 Å². The summed E-state index contributed by atoms with van der Waals surface area (Å²) in [7, 11) is 0. The van der Waals surface area contributed by atoms with Crippen molar-refractivity contribution in [2.45, 2.75) is 38.5 Å². The van der Waals surface area contributed by atoms with Crippen molar-refractivity contribution in [2.24, 2.45) is 0 Å². The number of hydrogen-bond donors (Lipinski definition) is 0. The van der Waals surface area contributed by atoms with Crippen LogP contribution in [0.1, 0.15) is 54.5 Å². The lowest BCUT2D eigenvalue weighted by Crippen LogP contribution is -1.96. The first-order valence-electron chi connectivity index (χ1n) is 6.43. The molecule has 1 heterocycles. The number of rotatable bonds is 4. The van der Waals surface area contributed by atoms with E-state index < -0.39 is 0 Å². The van der Waals surface area contributed by atoms with Gasteiger partial charge in [0.15, 0.2) is 0 Å². The van der Waals surface area contributed by atoms with Gasteiger partial charge in [0.1, 0.15) is 5.76 Å². The molecule has 2 rings (SSSR count). The summed E-state index contributed by atoms with van der Waals surface area (Å²) >= 11 is 6.53. The molecular formula is C16H19ClO. The molecular weight excluding hydrogens is 244 g/mol. The van der Waals surface area contributed by atoms with Crippen LogP contribution in [0.3, 0.4) is 0 Å². The third-order valence-electron chi connectivity index (χ3n) is 3.27. The van der Waals surface area contributed by atoms with Crippen LogP contribution in [-0.2, 0) is 6.42 Å². The van der Waals surface area contributed by atoms with E-state index in [1.807, 2.05) is 6.07 Å². The molecule has 0 bridgehead atoms. The van der Waals surface area contributed by atoms with Gasteiger partial charge in [0.2, 0.25) is 0 Å². The third kappa shape index (κ3) is 2.62. The number of hydrogen-bond acceptors (Lipinski definition) is 1. The van der Waals surface area contributed by atoms with Crippen molar-refractivity contribution in [3.05, 3.63) is 59.0 Å². The maximum absolute atomic E-state index is 6.53. The Morgan fingerprint density at radius 1 is 1.06 bits per heavy atom. The monoisotopic (exact) mass is 262 g/mol. The highest BCUT2D eigenvalue weighted by Gasteiger charge is 2.16. The van der Waals surface area contributed by atoms with Gasteiger partial charge in [-0.25, -0.2) is 0 Å². The molecule has 0 aliphatic heterocycles. The molecule has 2 heteroatoms. The van der Waals surface area contributed by atoms with Crippen LogP contribution in [-0.4, -0.2) is 0 Å². The van der Waals surface area contributed by atoms with Crippen molar-refractivity contribution in [2.75, 3.05) is 0 Å². The van der Waals surface area contributed by atoms with Gasteiger partial charge in [0.25, 0.3) is 0 Å². The SMILES string of the molecule is CCc1occc1C(Cl)c1ccc(C(C)C)cc1. The highest BCUT2D eigenvalue weighted by atomic mass is 35.5. The second-order valence-corrected chi connectivity index (χ2v) is 5.27. The highest BCUT2D eigenvalue weighted by molar-refractivity contribution is 6.22. The molecule has 0 aliphatic carbocycles. The van der Waals surface area contributed by atoms with Gasteiger partial charge < -0.3 is 4.42 Å². The van der Waals surface area contributed by atoms with E-state index in [0.29, 0.717) is 5.92 Å². The standard InChI is InChI=1S/C16H19ClO/c1-4-15-14(9-10-18-15)16(17)13-7-5-12(6-8-13)11(2)3/h5-11,16H,4H2,1-3H3. The molecule has 0 radical (unpaired) electrons. The van der Waals surface area contributed by atoms with Crippen molar-refractivity contribution in [3.8, 4) is 0 Å². The van der Waals surface area contributed by atoms with Gasteiger partial charge in [-0.1, -0.05) is 45.0 Å². The van der Waals surface area contributed by atoms with Gasteiger partial charge in [-0.05, 0) is 23.1 Å². The summed E-state index contributed by atoms with van der Waals surface area (Å²) in [5, 5.41) is -0.125. The van der Waals surface area contributed by atoms with Gasteiger partial charge in [0, 0.05) is 12.0 Å². The summed E-state index contributed by atoms with van der Waals surface area (Å²) in [6, 6.07) is 10.5. The Bertz CT molecular complexity index is 496. The Morgan fingerprint density at radius 2 is 1.67 bits per heavy atom. The van der Waals surface area contributed by atoms with Crippen molar-refractivity contribution >= 4 is 11.6 Å². The second kappa shape index (κ2) is 5.62. The maximum atomic E-state index is 6.53. The lowest BCUT2D eigenvalue weighted by Gasteiger charge is -2.12. The highest BCUT2D eigenvalue weighted by Crippen LogP contribution is 2.32. The number of alkyl halides is 1. The Kier molecular flexibility index (Phi) is 4.13. The molecule has 0 N–H and O–H groups in total. The smallest absolute Gasteiger partial charge is 0.108 e. The lowest BCUT2D eigenvalue weighted by atomic mass is 9.98. The predicted molar refractivity (Wildman–Crippen MR) is 76.3 cm³/mol. The molecule has 0 fully saturated rings. The van der Waals surface area contributed by atoms with Crippen LogP contribution < -0.4 is 0 Å². The number of halogens is 1. The zero-order valence-electron chi connectivity index (χ0n) is 11.1. The fourth-order valence-corrected chi connectivity index (χ4v) is 2.43. The van der Waals surface area contributed by atoms with Crippen LogP contribution in [0.25, 0.3) is 0 Å². The minimum atomic E-state index is -0.125. The molecule has 0 saturated carbocycles. The Balaban J connectivity index is 2.26. The van der Waals surface area contributed by atoms with Crippen LogP contribution in [0.15, 0.2) is 41.0 Å². The lowest BCUT2D eigenvalue weighted by molar-refractivity contribution is 0.512. The first-order chi connectivity index (χ1) is 8.63. The van der Waals surface area contributed by atoms with E-state index in [-0.39, 0.29) is 5.38 Å². The average molecular weight is 263 g/mol. The van der Waals surface area contributed by atoms with Gasteiger partial charge >= 0.3 is 0 Å². The van der Waals surface area contributed by atoms with E-state index in [1.165, 1.54) is 5.56 Å². The van der Waals surface area contributed by atoms with Crippen LogP contribution in [0.4, 0.5) is 0 Å². The van der Waals surface area contributed by atoms with Crippen LogP contribution in [0, 0.1) is 0 Å². The van der Waals surface area contributed by atoms with E-state index in [4.69, 9.17) is 16.0 Å². The molecule has 1 nitrogen and oxygen atoms in total. The Labute approximate surface area is 114 Å². The molecule has 1 unspecified atom stereocenters. The molecule has 1 atom stereocenters. The summed E-state index contributed by atoms with van der Waals surface area (Å²) in [6.07, 6.45) is 2.58. The predicted octanol–water partition coefficient (Wildman–Crippen LogP) is 5.29. The van der Waals surface area contributed by atoms with Crippen molar-refractivity contribution < 1.29 is 4.42 Å². The number of aryl methyl sites for hydroxylation is 1. The van der Waals surface area contributed by atoms with Crippen LogP contribution in [0.5, 0.6) is 0 Å². The maximum Gasteiger partial charge on any atom is 0.108 e. The second-order valence-electron chi connectivity index (χ2n) is 4.84. The fraction of sp³-hybridized carbons (Fsp3) is 0.375. The van der Waals surface area contributed by atoms with Crippen molar-refractivity contribution in [1.82, 2.24) is 0 Å². The Morgan fingerprint density at radius 3 is 2.22 bits per heavy atom. The summed E-state index contributed by atoms with van der Waals surface area (Å²) in [4.78, 5) is 0. The quantitative estimate of drug-likeness (QED) is 0.682. The fourth-order valence-electron chi connectivity index (χ4n) is 2.09. The van der Waals surface area contributed by atoms with Crippen LogP contribution >= 0.6 is 11.6 Å². The first-order valence-corrected chi connectivity index (χ1v) is 6.87. The molecule has 1 aromatic carbocycles. The molecule has 0 amide bonds. The van der Waals surface area contributed by atoms with E-state index in [2.05, 4.69) is 45.0 Å². The first kappa shape index (κ1) is 13.2. The molecule has 1 aromatic heterocycles. The Hall–Kier alpha value is -1.21. The van der Waals surface area contributed by atoms with E-state index in [1.54, 1.807) is 6.26 Å². The van der Waals surface area contributed by atoms with Crippen molar-refractivity contribution in [3.63, 3.8) is 0 Å². The normalized spacial score (nSPS) is 12.9. The third-order valence-corrected chi connectivity index (χ3v) is 3.76. The topological polar surface area (TPSA) is 13.1 Å². The zero-order chi connectivity index (χ0) is 13.1. The summed E-state index contributed by atoms with van der Waals surface area (Å²) in [5.41, 5.74) is 3.54. The summed E-state index contributed by atoms with van der Waals surface area (Å²) in [5.74, 6) is 1.52. The number of benzene rings is 1. The van der Waals surface area contributed by atoms with E-state index in [0.717, 1.165) is 23.3 Å².